The molecule has 21 heavy (non-hydrogen) atoms. The fourth-order valence-corrected chi connectivity index (χ4v) is 3.72. The Labute approximate surface area is 130 Å². The number of hydrogen-bond donors (Lipinski definition) is 1. The van der Waals surface area contributed by atoms with Gasteiger partial charge in [0.2, 0.25) is 0 Å². The second-order valence-corrected chi connectivity index (χ2v) is 6.96. The van der Waals surface area contributed by atoms with Gasteiger partial charge in [0.25, 0.3) is 0 Å². The van der Waals surface area contributed by atoms with E-state index in [0.717, 1.165) is 18.0 Å². The monoisotopic (exact) mass is 289 g/mol. The van der Waals surface area contributed by atoms with E-state index in [-0.39, 0.29) is 6.10 Å². The maximum Gasteiger partial charge on any atom is 0.0917 e. The number of benzene rings is 1. The van der Waals surface area contributed by atoms with Crippen molar-refractivity contribution in [2.75, 3.05) is 13.6 Å². The molecule has 0 aliphatic heterocycles. The van der Waals surface area contributed by atoms with Gasteiger partial charge in [0, 0.05) is 12.6 Å². The lowest BCUT2D eigenvalue weighted by atomic mass is 9.84. The lowest BCUT2D eigenvalue weighted by molar-refractivity contribution is 0.0839. The summed E-state index contributed by atoms with van der Waals surface area (Å²) >= 11 is 0. The number of aryl methyl sites for hydroxylation is 2. The van der Waals surface area contributed by atoms with Crippen LogP contribution in [0, 0.1) is 19.8 Å². The molecule has 1 aromatic carbocycles. The largest absolute Gasteiger partial charge is 0.387 e. The number of likely N-dealkylation sites (N-methyl/N-ethyl adjacent to an activating group) is 1. The Morgan fingerprint density at radius 2 is 1.67 bits per heavy atom. The molecule has 2 rings (SSSR count). The Morgan fingerprint density at radius 1 is 1.10 bits per heavy atom. The summed E-state index contributed by atoms with van der Waals surface area (Å²) in [5.41, 5.74) is 3.52. The van der Waals surface area contributed by atoms with Crippen molar-refractivity contribution in [2.24, 2.45) is 5.92 Å². The highest BCUT2D eigenvalue weighted by molar-refractivity contribution is 5.30. The zero-order chi connectivity index (χ0) is 15.4. The van der Waals surface area contributed by atoms with Gasteiger partial charge in [-0.25, -0.2) is 0 Å². The van der Waals surface area contributed by atoms with Crippen molar-refractivity contribution in [2.45, 2.75) is 65.0 Å². The van der Waals surface area contributed by atoms with Gasteiger partial charge in [-0.15, -0.1) is 0 Å². The molecule has 1 aromatic rings. The molecule has 0 bridgehead atoms. The van der Waals surface area contributed by atoms with Gasteiger partial charge in [-0.05, 0) is 58.1 Å². The lowest BCUT2D eigenvalue weighted by Gasteiger charge is -2.35. The first-order valence-electron chi connectivity index (χ1n) is 8.46. The van der Waals surface area contributed by atoms with Crippen LogP contribution in [0.25, 0.3) is 0 Å². The summed E-state index contributed by atoms with van der Waals surface area (Å²) in [4.78, 5) is 2.37. The molecule has 118 valence electrons. The summed E-state index contributed by atoms with van der Waals surface area (Å²) in [7, 11) is 2.17. The van der Waals surface area contributed by atoms with Gasteiger partial charge < -0.3 is 10.0 Å². The van der Waals surface area contributed by atoms with Crippen molar-refractivity contribution in [3.63, 3.8) is 0 Å². The van der Waals surface area contributed by atoms with Crippen LogP contribution in [-0.4, -0.2) is 29.6 Å². The number of hydrogen-bond acceptors (Lipinski definition) is 2. The van der Waals surface area contributed by atoms with Crippen molar-refractivity contribution in [1.82, 2.24) is 4.90 Å². The minimum absolute atomic E-state index is 0.377. The third kappa shape index (κ3) is 4.55. The maximum absolute atomic E-state index is 10.5. The van der Waals surface area contributed by atoms with Crippen LogP contribution >= 0.6 is 0 Å². The van der Waals surface area contributed by atoms with Crippen LogP contribution in [0.3, 0.4) is 0 Å². The van der Waals surface area contributed by atoms with Gasteiger partial charge in [0.1, 0.15) is 0 Å². The molecule has 0 spiro atoms. The highest BCUT2D eigenvalue weighted by atomic mass is 16.3. The highest BCUT2D eigenvalue weighted by Crippen LogP contribution is 2.30. The normalized spacial score (nSPS) is 24.3. The quantitative estimate of drug-likeness (QED) is 0.876. The van der Waals surface area contributed by atoms with Crippen LogP contribution in [0.5, 0.6) is 0 Å². The van der Waals surface area contributed by atoms with Gasteiger partial charge >= 0.3 is 0 Å². The van der Waals surface area contributed by atoms with Crippen molar-refractivity contribution < 1.29 is 5.11 Å². The second kappa shape index (κ2) is 7.42. The Hall–Kier alpha value is -0.860. The summed E-state index contributed by atoms with van der Waals surface area (Å²) in [6.07, 6.45) is 6.22. The van der Waals surface area contributed by atoms with E-state index in [4.69, 9.17) is 0 Å². The van der Waals surface area contributed by atoms with Gasteiger partial charge in [0.15, 0.2) is 0 Å². The number of nitrogens with zero attached hydrogens (tertiary/aromatic N) is 1. The average Bonchev–Trinajstić information content (AvgIpc) is 2.46. The smallest absolute Gasteiger partial charge is 0.0917 e. The van der Waals surface area contributed by atoms with Gasteiger partial charge in [-0.2, -0.15) is 0 Å². The van der Waals surface area contributed by atoms with Crippen LogP contribution in [0.4, 0.5) is 0 Å². The summed E-state index contributed by atoms with van der Waals surface area (Å²) in [6, 6.07) is 7.03. The molecule has 1 aliphatic carbocycles. The summed E-state index contributed by atoms with van der Waals surface area (Å²) in [6.45, 7) is 7.24. The first kappa shape index (κ1) is 16.5. The first-order chi connectivity index (χ1) is 9.99. The van der Waals surface area contributed by atoms with Crippen LogP contribution in [0.15, 0.2) is 18.2 Å². The van der Waals surface area contributed by atoms with E-state index in [1.54, 1.807) is 0 Å². The molecule has 1 N–H and O–H groups in total. The van der Waals surface area contributed by atoms with E-state index in [9.17, 15) is 5.11 Å². The molecule has 0 saturated heterocycles. The summed E-state index contributed by atoms with van der Waals surface area (Å²) in [5.74, 6) is 0.930. The molecule has 1 fully saturated rings. The Morgan fingerprint density at radius 3 is 2.19 bits per heavy atom. The third-order valence-electron chi connectivity index (χ3n) is 5.11. The molecule has 1 saturated carbocycles. The zero-order valence-electron chi connectivity index (χ0n) is 14.1. The van der Waals surface area contributed by atoms with E-state index in [1.807, 2.05) is 0 Å². The van der Waals surface area contributed by atoms with Crippen LogP contribution in [0.2, 0.25) is 0 Å². The predicted octanol–water partition coefficient (Wildman–Crippen LogP) is 4.24. The molecule has 2 nitrogen and oxygen atoms in total. The van der Waals surface area contributed by atoms with E-state index in [0.29, 0.717) is 6.04 Å². The first-order valence-corrected chi connectivity index (χ1v) is 8.46. The van der Waals surface area contributed by atoms with E-state index < -0.39 is 0 Å². The van der Waals surface area contributed by atoms with Crippen molar-refractivity contribution in [3.05, 3.63) is 34.9 Å². The molecule has 1 atom stereocenters. The van der Waals surface area contributed by atoms with Crippen LogP contribution in [0.1, 0.15) is 61.8 Å². The maximum atomic E-state index is 10.5. The fourth-order valence-electron chi connectivity index (χ4n) is 3.72. The number of rotatable bonds is 5. The van der Waals surface area contributed by atoms with Gasteiger partial charge in [-0.3, -0.25) is 0 Å². The lowest BCUT2D eigenvalue weighted by Crippen LogP contribution is -2.37. The summed E-state index contributed by atoms with van der Waals surface area (Å²) in [5, 5.41) is 10.5. The van der Waals surface area contributed by atoms with Gasteiger partial charge in [0.05, 0.1) is 6.10 Å². The molecule has 1 aliphatic rings. The Balaban J connectivity index is 1.91. The SMILES string of the molecule is CCC1CCC(N(C)CC(O)c2cc(C)cc(C)c2)CC1. The van der Waals surface area contributed by atoms with E-state index >= 15 is 0 Å². The van der Waals surface area contributed by atoms with Crippen molar-refractivity contribution in [1.29, 1.82) is 0 Å². The van der Waals surface area contributed by atoms with E-state index in [1.165, 1.54) is 43.2 Å². The van der Waals surface area contributed by atoms with Crippen LogP contribution in [-0.2, 0) is 0 Å². The average molecular weight is 289 g/mol. The second-order valence-electron chi connectivity index (χ2n) is 6.96. The number of aliphatic hydroxyl groups excluding tert-OH is 1. The minimum Gasteiger partial charge on any atom is -0.387 e. The third-order valence-corrected chi connectivity index (χ3v) is 5.11. The Kier molecular flexibility index (Phi) is 5.83. The molecule has 0 aromatic heterocycles. The standard InChI is InChI=1S/C19H31NO/c1-5-16-6-8-18(9-7-16)20(4)13-19(21)17-11-14(2)10-15(3)12-17/h10-12,16,18-19,21H,5-9,13H2,1-4H3. The predicted molar refractivity (Wildman–Crippen MR) is 89.5 cm³/mol. The molecule has 0 radical (unpaired) electrons. The van der Waals surface area contributed by atoms with Crippen molar-refractivity contribution >= 4 is 0 Å². The van der Waals surface area contributed by atoms with Crippen molar-refractivity contribution in [3.8, 4) is 0 Å². The summed E-state index contributed by atoms with van der Waals surface area (Å²) < 4.78 is 0. The fraction of sp³-hybridized carbons (Fsp3) is 0.684. The van der Waals surface area contributed by atoms with E-state index in [2.05, 4.69) is 50.9 Å². The van der Waals surface area contributed by atoms with Gasteiger partial charge in [-0.1, -0.05) is 42.7 Å². The topological polar surface area (TPSA) is 23.5 Å². The van der Waals surface area contributed by atoms with Crippen LogP contribution < -0.4 is 0 Å². The Bertz CT molecular complexity index is 429. The molecular formula is C19H31NO. The molecular weight excluding hydrogens is 258 g/mol. The minimum atomic E-state index is -0.377. The molecule has 0 amide bonds. The molecule has 1 unspecified atom stereocenters. The highest BCUT2D eigenvalue weighted by Gasteiger charge is 2.24. The molecule has 0 heterocycles. The molecule has 2 heteroatoms. The zero-order valence-corrected chi connectivity index (χ0v) is 14.1. The number of aliphatic hydroxyl groups is 1.